The predicted octanol–water partition coefficient (Wildman–Crippen LogP) is 2.68. The highest BCUT2D eigenvalue weighted by atomic mass is 16.1. The van der Waals surface area contributed by atoms with E-state index in [1.807, 2.05) is 30.3 Å². The van der Waals surface area contributed by atoms with Gasteiger partial charge in [0.05, 0.1) is 5.92 Å². The Bertz CT molecular complexity index is 412. The van der Waals surface area contributed by atoms with Gasteiger partial charge in [0.1, 0.15) is 0 Å². The van der Waals surface area contributed by atoms with Gasteiger partial charge in [-0.3, -0.25) is 4.79 Å². The van der Waals surface area contributed by atoms with Gasteiger partial charge < -0.3 is 10.6 Å². The number of amides is 1. The van der Waals surface area contributed by atoms with E-state index in [1.165, 1.54) is 12.8 Å². The van der Waals surface area contributed by atoms with E-state index in [-0.39, 0.29) is 17.9 Å². The summed E-state index contributed by atoms with van der Waals surface area (Å²) < 4.78 is 0. The largest absolute Gasteiger partial charge is 0.353 e. The van der Waals surface area contributed by atoms with Crippen LogP contribution in [0.3, 0.4) is 0 Å². The molecule has 2 N–H and O–H groups in total. The maximum absolute atomic E-state index is 12.5. The summed E-state index contributed by atoms with van der Waals surface area (Å²) in [6.07, 6.45) is 3.25. The molecular formula is C17H26N2O. The van der Waals surface area contributed by atoms with E-state index in [1.54, 1.807) is 0 Å². The summed E-state index contributed by atoms with van der Waals surface area (Å²) in [6.45, 7) is 6.33. The lowest BCUT2D eigenvalue weighted by Gasteiger charge is -2.30. The first-order valence-electron chi connectivity index (χ1n) is 7.78. The third-order valence-corrected chi connectivity index (χ3v) is 4.34. The second kappa shape index (κ2) is 7.44. The first kappa shape index (κ1) is 15.0. The van der Waals surface area contributed by atoms with Gasteiger partial charge in [-0.05, 0) is 50.8 Å². The normalized spacial score (nSPS) is 22.0. The summed E-state index contributed by atoms with van der Waals surface area (Å²) in [5.41, 5.74) is 1.11. The summed E-state index contributed by atoms with van der Waals surface area (Å²) >= 11 is 0. The zero-order valence-electron chi connectivity index (χ0n) is 12.6. The van der Waals surface area contributed by atoms with Gasteiger partial charge in [-0.15, -0.1) is 0 Å². The molecule has 1 saturated heterocycles. The smallest absolute Gasteiger partial charge is 0.227 e. The van der Waals surface area contributed by atoms with E-state index >= 15 is 0 Å². The van der Waals surface area contributed by atoms with Crippen molar-refractivity contribution in [1.82, 2.24) is 10.6 Å². The predicted molar refractivity (Wildman–Crippen MR) is 82.7 cm³/mol. The van der Waals surface area contributed by atoms with Crippen LogP contribution in [0.1, 0.15) is 44.6 Å². The molecule has 1 amide bonds. The molecule has 0 aliphatic carbocycles. The summed E-state index contributed by atoms with van der Waals surface area (Å²) in [4.78, 5) is 12.5. The van der Waals surface area contributed by atoms with Crippen molar-refractivity contribution in [3.8, 4) is 0 Å². The SMILES string of the molecule is CCC(C(=O)NC(C)C1CCCNC1)c1ccccc1. The molecule has 0 saturated carbocycles. The Morgan fingerprint density at radius 2 is 2.15 bits per heavy atom. The minimum absolute atomic E-state index is 0.0322. The number of rotatable bonds is 5. The second-order valence-corrected chi connectivity index (χ2v) is 5.78. The molecule has 3 unspecified atom stereocenters. The van der Waals surface area contributed by atoms with E-state index in [4.69, 9.17) is 0 Å². The molecule has 1 aromatic rings. The number of hydrogen-bond acceptors (Lipinski definition) is 2. The fourth-order valence-electron chi connectivity index (χ4n) is 3.01. The standard InChI is InChI=1S/C17H26N2O/c1-3-16(14-8-5-4-6-9-14)17(20)19-13(2)15-10-7-11-18-12-15/h4-6,8-9,13,15-16,18H,3,7,10-12H2,1-2H3,(H,19,20). The molecule has 3 nitrogen and oxygen atoms in total. The van der Waals surface area contributed by atoms with Crippen molar-refractivity contribution in [3.05, 3.63) is 35.9 Å². The first-order valence-corrected chi connectivity index (χ1v) is 7.78. The van der Waals surface area contributed by atoms with Gasteiger partial charge in [0, 0.05) is 6.04 Å². The second-order valence-electron chi connectivity index (χ2n) is 5.78. The molecule has 0 spiro atoms. The Hall–Kier alpha value is -1.35. The third-order valence-electron chi connectivity index (χ3n) is 4.34. The van der Waals surface area contributed by atoms with E-state index < -0.39 is 0 Å². The molecule has 3 heteroatoms. The maximum Gasteiger partial charge on any atom is 0.227 e. The van der Waals surface area contributed by atoms with Gasteiger partial charge in [-0.25, -0.2) is 0 Å². The topological polar surface area (TPSA) is 41.1 Å². The van der Waals surface area contributed by atoms with Crippen LogP contribution in [0.5, 0.6) is 0 Å². The van der Waals surface area contributed by atoms with Crippen LogP contribution in [-0.4, -0.2) is 25.0 Å². The van der Waals surface area contributed by atoms with Crippen molar-refractivity contribution in [3.63, 3.8) is 0 Å². The average Bonchev–Trinajstić information content (AvgIpc) is 2.50. The first-order chi connectivity index (χ1) is 9.72. The number of piperidine rings is 1. The molecule has 0 radical (unpaired) electrons. The lowest BCUT2D eigenvalue weighted by Crippen LogP contribution is -2.45. The number of carbonyl (C=O) groups excluding carboxylic acids is 1. The van der Waals surface area contributed by atoms with Crippen molar-refractivity contribution in [1.29, 1.82) is 0 Å². The summed E-state index contributed by atoms with van der Waals surface area (Å²) in [5.74, 6) is 0.688. The summed E-state index contributed by atoms with van der Waals surface area (Å²) in [5, 5.41) is 6.63. The van der Waals surface area contributed by atoms with Crippen molar-refractivity contribution >= 4 is 5.91 Å². The van der Waals surface area contributed by atoms with Crippen LogP contribution in [-0.2, 0) is 4.79 Å². The lowest BCUT2D eigenvalue weighted by molar-refractivity contribution is -0.123. The highest BCUT2D eigenvalue weighted by Gasteiger charge is 2.25. The van der Waals surface area contributed by atoms with Crippen LogP contribution < -0.4 is 10.6 Å². The molecular weight excluding hydrogens is 248 g/mol. The number of hydrogen-bond donors (Lipinski definition) is 2. The molecule has 1 aromatic carbocycles. The van der Waals surface area contributed by atoms with Crippen LogP contribution in [0.4, 0.5) is 0 Å². The van der Waals surface area contributed by atoms with Gasteiger partial charge in [0.25, 0.3) is 0 Å². The molecule has 1 heterocycles. The lowest BCUT2D eigenvalue weighted by atomic mass is 9.91. The molecule has 20 heavy (non-hydrogen) atoms. The summed E-state index contributed by atoms with van der Waals surface area (Å²) in [6, 6.07) is 10.3. The third kappa shape index (κ3) is 3.83. The van der Waals surface area contributed by atoms with Crippen molar-refractivity contribution < 1.29 is 4.79 Å². The number of benzene rings is 1. The van der Waals surface area contributed by atoms with Gasteiger partial charge in [-0.2, -0.15) is 0 Å². The molecule has 0 bridgehead atoms. The maximum atomic E-state index is 12.5. The molecule has 2 rings (SSSR count). The Labute approximate surface area is 122 Å². The molecule has 110 valence electrons. The summed E-state index contributed by atoms with van der Waals surface area (Å²) in [7, 11) is 0. The fourth-order valence-corrected chi connectivity index (χ4v) is 3.01. The van der Waals surface area contributed by atoms with Gasteiger partial charge >= 0.3 is 0 Å². The Morgan fingerprint density at radius 1 is 1.40 bits per heavy atom. The van der Waals surface area contributed by atoms with Crippen LogP contribution in [0.2, 0.25) is 0 Å². The Morgan fingerprint density at radius 3 is 2.75 bits per heavy atom. The Kier molecular flexibility index (Phi) is 5.60. The van der Waals surface area contributed by atoms with E-state index in [0.29, 0.717) is 5.92 Å². The Balaban J connectivity index is 1.95. The van der Waals surface area contributed by atoms with Crippen molar-refractivity contribution in [2.75, 3.05) is 13.1 Å². The fraction of sp³-hybridized carbons (Fsp3) is 0.588. The minimum atomic E-state index is -0.0322. The van der Waals surface area contributed by atoms with E-state index in [0.717, 1.165) is 25.1 Å². The zero-order valence-corrected chi connectivity index (χ0v) is 12.6. The van der Waals surface area contributed by atoms with Crippen LogP contribution in [0, 0.1) is 5.92 Å². The van der Waals surface area contributed by atoms with Crippen molar-refractivity contribution in [2.45, 2.75) is 45.1 Å². The highest BCUT2D eigenvalue weighted by molar-refractivity contribution is 5.83. The van der Waals surface area contributed by atoms with Gasteiger partial charge in [0.2, 0.25) is 5.91 Å². The number of nitrogens with one attached hydrogen (secondary N) is 2. The van der Waals surface area contributed by atoms with E-state index in [2.05, 4.69) is 24.5 Å². The minimum Gasteiger partial charge on any atom is -0.353 e. The molecule has 3 atom stereocenters. The number of carbonyl (C=O) groups is 1. The van der Waals surface area contributed by atoms with Crippen LogP contribution in [0.15, 0.2) is 30.3 Å². The van der Waals surface area contributed by atoms with Gasteiger partial charge in [-0.1, -0.05) is 37.3 Å². The molecule has 1 aliphatic rings. The molecule has 0 aromatic heterocycles. The highest BCUT2D eigenvalue weighted by Crippen LogP contribution is 2.21. The van der Waals surface area contributed by atoms with Crippen LogP contribution >= 0.6 is 0 Å². The molecule has 1 aliphatic heterocycles. The average molecular weight is 274 g/mol. The monoisotopic (exact) mass is 274 g/mol. The van der Waals surface area contributed by atoms with Gasteiger partial charge in [0.15, 0.2) is 0 Å². The zero-order chi connectivity index (χ0) is 14.4. The van der Waals surface area contributed by atoms with E-state index in [9.17, 15) is 4.79 Å². The quantitative estimate of drug-likeness (QED) is 0.867. The molecule has 1 fully saturated rings. The van der Waals surface area contributed by atoms with Crippen LogP contribution in [0.25, 0.3) is 0 Å². The van der Waals surface area contributed by atoms with Crippen molar-refractivity contribution in [2.24, 2.45) is 5.92 Å².